The molecule has 0 radical (unpaired) electrons. The summed E-state index contributed by atoms with van der Waals surface area (Å²) in [6, 6.07) is 0.420. The molecule has 2 N–H and O–H groups in total. The van der Waals surface area contributed by atoms with Gasteiger partial charge < -0.3 is 15.4 Å². The topological polar surface area (TPSA) is 58.5 Å². The Morgan fingerprint density at radius 1 is 1.50 bits per heavy atom. The molecule has 1 aromatic rings. The van der Waals surface area contributed by atoms with Gasteiger partial charge in [0.15, 0.2) is 5.96 Å². The van der Waals surface area contributed by atoms with Crippen molar-refractivity contribution in [2.24, 2.45) is 16.3 Å². The number of hydrogen-bond acceptors (Lipinski definition) is 4. The van der Waals surface area contributed by atoms with Gasteiger partial charge in [0.25, 0.3) is 0 Å². The molecular formula is C17H29IN4OS. The number of nitrogens with one attached hydrogen (secondary N) is 2. The lowest BCUT2D eigenvalue weighted by Gasteiger charge is -2.54. The van der Waals surface area contributed by atoms with Crippen LogP contribution in [0, 0.1) is 11.3 Å². The summed E-state index contributed by atoms with van der Waals surface area (Å²) in [4.78, 5) is 9.04. The molecule has 1 saturated carbocycles. The van der Waals surface area contributed by atoms with E-state index in [4.69, 9.17) is 4.74 Å². The predicted molar refractivity (Wildman–Crippen MR) is 110 cm³/mol. The summed E-state index contributed by atoms with van der Waals surface area (Å²) in [6.07, 6.45) is 1.54. The van der Waals surface area contributed by atoms with Crippen molar-refractivity contribution in [2.45, 2.75) is 58.7 Å². The molecule has 1 aromatic heterocycles. The first-order valence-corrected chi connectivity index (χ1v) is 9.34. The van der Waals surface area contributed by atoms with Gasteiger partial charge in [0.1, 0.15) is 5.01 Å². The lowest BCUT2D eigenvalue weighted by molar-refractivity contribution is -0.106. The van der Waals surface area contributed by atoms with Crippen LogP contribution in [-0.4, -0.2) is 36.7 Å². The van der Waals surface area contributed by atoms with E-state index in [1.165, 1.54) is 5.69 Å². The molecule has 7 heteroatoms. The second-order valence-electron chi connectivity index (χ2n) is 7.43. The first kappa shape index (κ1) is 19.9. The van der Waals surface area contributed by atoms with E-state index in [0.29, 0.717) is 24.0 Å². The van der Waals surface area contributed by atoms with Gasteiger partial charge >= 0.3 is 0 Å². The highest BCUT2D eigenvalue weighted by atomic mass is 127. The highest BCUT2D eigenvalue weighted by molar-refractivity contribution is 14.0. The van der Waals surface area contributed by atoms with Crippen LogP contribution < -0.4 is 10.6 Å². The standard InChI is InChI=1S/C17H28N4OS.HI/c1-10(2)12-9-23-13(20-12)8-19-16(18-5)21-14-11-6-7-22-15(11)17(14,3)4;/h9-11,14-15H,6-8H2,1-5H3,(H2,18,19,21);1H. The lowest BCUT2D eigenvalue weighted by Crippen LogP contribution is -2.67. The largest absolute Gasteiger partial charge is 0.377 e. The van der Waals surface area contributed by atoms with Crippen molar-refractivity contribution in [3.63, 3.8) is 0 Å². The van der Waals surface area contributed by atoms with Gasteiger partial charge in [-0.2, -0.15) is 0 Å². The number of aromatic nitrogens is 1. The first-order valence-electron chi connectivity index (χ1n) is 8.46. The van der Waals surface area contributed by atoms with Crippen molar-refractivity contribution in [2.75, 3.05) is 13.7 Å². The Hall–Kier alpha value is -0.410. The van der Waals surface area contributed by atoms with Gasteiger partial charge in [-0.05, 0) is 12.3 Å². The Morgan fingerprint density at radius 2 is 2.25 bits per heavy atom. The fourth-order valence-electron chi connectivity index (χ4n) is 3.79. The van der Waals surface area contributed by atoms with Gasteiger partial charge in [-0.15, -0.1) is 35.3 Å². The average Bonchev–Trinajstić information content (AvgIpc) is 3.15. The zero-order valence-electron chi connectivity index (χ0n) is 15.1. The third-order valence-corrected chi connectivity index (χ3v) is 6.05. The molecule has 24 heavy (non-hydrogen) atoms. The maximum Gasteiger partial charge on any atom is 0.191 e. The van der Waals surface area contributed by atoms with Gasteiger partial charge in [-0.25, -0.2) is 4.98 Å². The molecule has 2 aliphatic rings. The minimum atomic E-state index is 0. The number of fused-ring (bicyclic) bond motifs is 1. The number of rotatable bonds is 4. The van der Waals surface area contributed by atoms with Gasteiger partial charge in [0, 0.05) is 36.4 Å². The molecule has 0 amide bonds. The van der Waals surface area contributed by atoms with Crippen LogP contribution in [0.2, 0.25) is 0 Å². The van der Waals surface area contributed by atoms with Crippen molar-refractivity contribution in [3.05, 3.63) is 16.1 Å². The molecule has 1 aliphatic heterocycles. The van der Waals surface area contributed by atoms with Crippen LogP contribution in [0.1, 0.15) is 50.7 Å². The number of thiazole rings is 1. The highest BCUT2D eigenvalue weighted by Gasteiger charge is 2.59. The Labute approximate surface area is 166 Å². The van der Waals surface area contributed by atoms with E-state index < -0.39 is 0 Å². The lowest BCUT2D eigenvalue weighted by atomic mass is 9.57. The number of nitrogens with zero attached hydrogens (tertiary/aromatic N) is 2. The Morgan fingerprint density at radius 3 is 2.88 bits per heavy atom. The molecule has 3 unspecified atom stereocenters. The van der Waals surface area contributed by atoms with Crippen molar-refractivity contribution < 1.29 is 4.74 Å². The molecule has 0 bridgehead atoms. The fourth-order valence-corrected chi connectivity index (χ4v) is 4.69. The minimum Gasteiger partial charge on any atom is -0.377 e. The number of guanidine groups is 1. The van der Waals surface area contributed by atoms with E-state index in [0.717, 1.165) is 30.5 Å². The molecule has 136 valence electrons. The summed E-state index contributed by atoms with van der Waals surface area (Å²) in [5, 5.41) is 10.3. The number of ether oxygens (including phenoxy) is 1. The van der Waals surface area contributed by atoms with Gasteiger partial charge in [-0.1, -0.05) is 27.7 Å². The molecule has 1 saturated heterocycles. The summed E-state index contributed by atoms with van der Waals surface area (Å²) in [6.45, 7) is 10.5. The number of aliphatic imine (C=N–C) groups is 1. The van der Waals surface area contributed by atoms with E-state index in [2.05, 4.69) is 53.7 Å². The Balaban J connectivity index is 0.00000208. The zero-order chi connectivity index (χ0) is 16.6. The van der Waals surface area contributed by atoms with E-state index >= 15 is 0 Å². The number of hydrogen-bond donors (Lipinski definition) is 2. The third-order valence-electron chi connectivity index (χ3n) is 5.18. The van der Waals surface area contributed by atoms with Crippen LogP contribution in [0.3, 0.4) is 0 Å². The van der Waals surface area contributed by atoms with Crippen LogP contribution in [-0.2, 0) is 11.3 Å². The summed E-state index contributed by atoms with van der Waals surface area (Å²) in [5.74, 6) is 1.94. The van der Waals surface area contributed by atoms with E-state index in [1.807, 2.05) is 7.05 Å². The van der Waals surface area contributed by atoms with Crippen molar-refractivity contribution >= 4 is 41.3 Å². The van der Waals surface area contributed by atoms with Crippen LogP contribution in [0.5, 0.6) is 0 Å². The van der Waals surface area contributed by atoms with Gasteiger partial charge in [0.05, 0.1) is 18.3 Å². The summed E-state index contributed by atoms with van der Waals surface area (Å²) < 4.78 is 5.86. The van der Waals surface area contributed by atoms with Crippen LogP contribution in [0.15, 0.2) is 10.4 Å². The van der Waals surface area contributed by atoms with Crippen LogP contribution in [0.25, 0.3) is 0 Å². The van der Waals surface area contributed by atoms with E-state index in [1.54, 1.807) is 11.3 Å². The molecule has 5 nitrogen and oxygen atoms in total. The monoisotopic (exact) mass is 464 g/mol. The molecule has 0 spiro atoms. The normalized spacial score (nSPS) is 28.1. The van der Waals surface area contributed by atoms with Crippen LogP contribution >= 0.6 is 35.3 Å². The van der Waals surface area contributed by atoms with Crippen molar-refractivity contribution in [3.8, 4) is 0 Å². The van der Waals surface area contributed by atoms with Crippen molar-refractivity contribution in [1.82, 2.24) is 15.6 Å². The Kier molecular flexibility index (Phi) is 6.52. The van der Waals surface area contributed by atoms with E-state index in [-0.39, 0.29) is 29.4 Å². The summed E-state index contributed by atoms with van der Waals surface area (Å²) in [5.41, 5.74) is 1.32. The summed E-state index contributed by atoms with van der Waals surface area (Å²) >= 11 is 1.71. The van der Waals surface area contributed by atoms with Crippen molar-refractivity contribution in [1.29, 1.82) is 0 Å². The second kappa shape index (κ2) is 7.86. The van der Waals surface area contributed by atoms with Gasteiger partial charge in [0.2, 0.25) is 0 Å². The zero-order valence-corrected chi connectivity index (χ0v) is 18.3. The quantitative estimate of drug-likeness (QED) is 0.408. The predicted octanol–water partition coefficient (Wildman–Crippen LogP) is 3.36. The highest BCUT2D eigenvalue weighted by Crippen LogP contribution is 2.52. The summed E-state index contributed by atoms with van der Waals surface area (Å²) in [7, 11) is 1.82. The van der Waals surface area contributed by atoms with E-state index in [9.17, 15) is 0 Å². The van der Waals surface area contributed by atoms with Gasteiger partial charge in [-0.3, -0.25) is 4.99 Å². The maximum atomic E-state index is 5.86. The smallest absolute Gasteiger partial charge is 0.191 e. The minimum absolute atomic E-state index is 0. The molecule has 0 aromatic carbocycles. The molecule has 1 aliphatic carbocycles. The Bertz CT molecular complexity index is 587. The average molecular weight is 464 g/mol. The van der Waals surface area contributed by atoms with Crippen LogP contribution in [0.4, 0.5) is 0 Å². The fraction of sp³-hybridized carbons (Fsp3) is 0.765. The molecule has 2 heterocycles. The SMILES string of the molecule is CN=C(NCc1nc(C(C)C)cs1)NC1C2CCOC2C1(C)C.I. The molecule has 3 atom stereocenters. The maximum absolute atomic E-state index is 5.86. The second-order valence-corrected chi connectivity index (χ2v) is 8.38. The first-order chi connectivity index (χ1) is 10.9. The third kappa shape index (κ3) is 3.72. The molecular weight excluding hydrogens is 435 g/mol. The number of halogens is 1. The molecule has 2 fully saturated rings. The molecule has 3 rings (SSSR count).